The van der Waals surface area contributed by atoms with E-state index in [0.29, 0.717) is 19.6 Å². The predicted molar refractivity (Wildman–Crippen MR) is 120 cm³/mol. The Hall–Kier alpha value is -1.86. The maximum absolute atomic E-state index is 12.8. The molecule has 0 N–H and O–H groups in total. The van der Waals surface area contributed by atoms with Crippen molar-refractivity contribution in [2.45, 2.75) is 65.6 Å². The van der Waals surface area contributed by atoms with Crippen molar-refractivity contribution in [2.75, 3.05) is 13.2 Å². The third-order valence-corrected chi connectivity index (χ3v) is 6.24. The first-order valence-electron chi connectivity index (χ1n) is 10.1. The zero-order valence-electron chi connectivity index (χ0n) is 17.8. The lowest BCUT2D eigenvalue weighted by molar-refractivity contribution is -0.133. The molecule has 7 heteroatoms. The Morgan fingerprint density at radius 3 is 2.07 bits per heavy atom. The minimum absolute atomic E-state index is 0.00420. The first kappa shape index (κ1) is 23.4. The van der Waals surface area contributed by atoms with Gasteiger partial charge in [-0.15, -0.1) is 22.7 Å². The van der Waals surface area contributed by atoms with Gasteiger partial charge in [-0.25, -0.2) is 4.79 Å². The second kappa shape index (κ2) is 11.4. The maximum atomic E-state index is 12.8. The highest BCUT2D eigenvalue weighted by molar-refractivity contribution is 7.10. The molecule has 0 aliphatic rings. The summed E-state index contributed by atoms with van der Waals surface area (Å²) in [5.74, 6) is -0.00420. The van der Waals surface area contributed by atoms with E-state index in [2.05, 4.69) is 6.92 Å². The molecule has 0 radical (unpaired) electrons. The molecule has 0 aliphatic heterocycles. The lowest BCUT2D eigenvalue weighted by Crippen LogP contribution is -2.46. The van der Waals surface area contributed by atoms with Gasteiger partial charge in [-0.05, 0) is 50.1 Å². The summed E-state index contributed by atoms with van der Waals surface area (Å²) in [4.78, 5) is 31.3. The third kappa shape index (κ3) is 7.82. The number of carbonyl (C=O) groups excluding carboxylic acids is 2. The highest BCUT2D eigenvalue weighted by Crippen LogP contribution is 2.19. The second-order valence-corrected chi connectivity index (χ2v) is 10.0. The summed E-state index contributed by atoms with van der Waals surface area (Å²) in [6.45, 7) is 10.0. The number of rotatable bonds is 10. The average molecular weight is 437 g/mol. The van der Waals surface area contributed by atoms with E-state index < -0.39 is 0 Å². The Bertz CT molecular complexity index is 700. The van der Waals surface area contributed by atoms with E-state index in [9.17, 15) is 9.59 Å². The molecular weight excluding hydrogens is 404 g/mol. The molecule has 29 heavy (non-hydrogen) atoms. The largest absolute Gasteiger partial charge is 0.449 e. The van der Waals surface area contributed by atoms with Gasteiger partial charge in [-0.3, -0.25) is 4.79 Å². The molecule has 2 aromatic heterocycles. The van der Waals surface area contributed by atoms with Crippen molar-refractivity contribution in [1.29, 1.82) is 0 Å². The number of unbranched alkanes of at least 4 members (excludes halogenated alkanes) is 1. The van der Waals surface area contributed by atoms with Crippen LogP contribution in [0.5, 0.6) is 0 Å². The first-order valence-corrected chi connectivity index (χ1v) is 11.8. The summed E-state index contributed by atoms with van der Waals surface area (Å²) >= 11 is 3.28. The van der Waals surface area contributed by atoms with Crippen LogP contribution < -0.4 is 0 Å². The van der Waals surface area contributed by atoms with Crippen molar-refractivity contribution in [3.05, 3.63) is 44.8 Å². The van der Waals surface area contributed by atoms with E-state index in [1.807, 2.05) is 60.7 Å². The second-order valence-electron chi connectivity index (χ2n) is 7.95. The van der Waals surface area contributed by atoms with Gasteiger partial charge in [0.15, 0.2) is 0 Å². The van der Waals surface area contributed by atoms with Gasteiger partial charge in [-0.2, -0.15) is 0 Å². The van der Waals surface area contributed by atoms with Crippen LogP contribution in [-0.4, -0.2) is 40.5 Å². The molecule has 0 bridgehead atoms. The van der Waals surface area contributed by atoms with Crippen LogP contribution in [0.4, 0.5) is 4.79 Å². The Labute approximate surface area is 182 Å². The SMILES string of the molecule is CCCCN(C(=O)OCCC(=O)N(Cc1cccs1)Cc1cccs1)C(C)(C)C. The van der Waals surface area contributed by atoms with E-state index in [1.165, 1.54) is 0 Å². The zero-order chi connectivity index (χ0) is 21.3. The number of thiophene rings is 2. The number of hydrogen-bond donors (Lipinski definition) is 0. The minimum Gasteiger partial charge on any atom is -0.449 e. The summed E-state index contributed by atoms with van der Waals surface area (Å²) in [5, 5.41) is 4.03. The first-order chi connectivity index (χ1) is 13.8. The van der Waals surface area contributed by atoms with Crippen molar-refractivity contribution in [1.82, 2.24) is 9.80 Å². The van der Waals surface area contributed by atoms with Gasteiger partial charge in [0.25, 0.3) is 0 Å². The van der Waals surface area contributed by atoms with Gasteiger partial charge in [0, 0.05) is 21.8 Å². The lowest BCUT2D eigenvalue weighted by atomic mass is 10.1. The van der Waals surface area contributed by atoms with E-state index in [1.54, 1.807) is 27.6 Å². The quantitative estimate of drug-likeness (QED) is 0.475. The molecule has 5 nitrogen and oxygen atoms in total. The van der Waals surface area contributed by atoms with Gasteiger partial charge in [0.05, 0.1) is 19.5 Å². The summed E-state index contributed by atoms with van der Waals surface area (Å²) in [6.07, 6.45) is 1.79. The van der Waals surface area contributed by atoms with Gasteiger partial charge in [0.2, 0.25) is 5.91 Å². The smallest absolute Gasteiger partial charge is 0.410 e. The normalized spacial score (nSPS) is 11.3. The Morgan fingerprint density at radius 2 is 1.62 bits per heavy atom. The van der Waals surface area contributed by atoms with Crippen LogP contribution in [0, 0.1) is 0 Å². The van der Waals surface area contributed by atoms with Crippen LogP contribution in [0.1, 0.15) is 56.7 Å². The summed E-state index contributed by atoms with van der Waals surface area (Å²) < 4.78 is 5.46. The third-order valence-electron chi connectivity index (χ3n) is 4.51. The molecule has 160 valence electrons. The number of amides is 2. The van der Waals surface area contributed by atoms with Crippen molar-refractivity contribution in [2.24, 2.45) is 0 Å². The average Bonchev–Trinajstić information content (AvgIpc) is 3.34. The van der Waals surface area contributed by atoms with Gasteiger partial charge >= 0.3 is 6.09 Å². The number of nitrogens with zero attached hydrogens (tertiary/aromatic N) is 2. The molecule has 0 fully saturated rings. The van der Waals surface area contributed by atoms with Crippen LogP contribution >= 0.6 is 22.7 Å². The monoisotopic (exact) mass is 436 g/mol. The maximum Gasteiger partial charge on any atom is 0.410 e. The lowest BCUT2D eigenvalue weighted by Gasteiger charge is -2.34. The van der Waals surface area contributed by atoms with E-state index in [4.69, 9.17) is 4.74 Å². The molecule has 2 heterocycles. The van der Waals surface area contributed by atoms with Crippen molar-refractivity contribution in [3.8, 4) is 0 Å². The Kier molecular flexibility index (Phi) is 9.17. The number of ether oxygens (including phenoxy) is 1. The van der Waals surface area contributed by atoms with Crippen LogP contribution in [0.25, 0.3) is 0 Å². The summed E-state index contributed by atoms with van der Waals surface area (Å²) in [6, 6.07) is 8.06. The highest BCUT2D eigenvalue weighted by Gasteiger charge is 2.27. The highest BCUT2D eigenvalue weighted by atomic mass is 32.1. The Balaban J connectivity index is 1.91. The molecule has 0 aromatic carbocycles. The molecule has 0 aliphatic carbocycles. The molecule has 2 aromatic rings. The molecule has 0 unspecified atom stereocenters. The van der Waals surface area contributed by atoms with Crippen molar-refractivity contribution in [3.63, 3.8) is 0 Å². The standard InChI is InChI=1S/C22H32N2O3S2/c1-5-6-12-24(22(2,3)4)21(26)27-13-11-20(25)23(16-18-9-7-14-28-18)17-19-10-8-15-29-19/h7-10,14-15H,5-6,11-13,16-17H2,1-4H3. The van der Waals surface area contributed by atoms with Gasteiger partial charge in [0.1, 0.15) is 6.61 Å². The molecule has 2 amide bonds. The molecule has 0 spiro atoms. The van der Waals surface area contributed by atoms with Crippen LogP contribution in [0.2, 0.25) is 0 Å². The van der Waals surface area contributed by atoms with Crippen LogP contribution in [0.15, 0.2) is 35.0 Å². The fourth-order valence-corrected chi connectivity index (χ4v) is 4.33. The minimum atomic E-state index is -0.346. The number of hydrogen-bond acceptors (Lipinski definition) is 5. The molecule has 0 saturated heterocycles. The fraction of sp³-hybridized carbons (Fsp3) is 0.545. The fourth-order valence-electron chi connectivity index (χ4n) is 2.89. The molecule has 0 saturated carbocycles. The zero-order valence-corrected chi connectivity index (χ0v) is 19.5. The Morgan fingerprint density at radius 1 is 1.03 bits per heavy atom. The van der Waals surface area contributed by atoms with E-state index in [-0.39, 0.29) is 30.6 Å². The van der Waals surface area contributed by atoms with Gasteiger partial charge < -0.3 is 14.5 Å². The predicted octanol–water partition coefficient (Wildman–Crippen LogP) is 5.77. The van der Waals surface area contributed by atoms with E-state index in [0.717, 1.165) is 22.6 Å². The molecule has 0 atom stereocenters. The summed E-state index contributed by atoms with van der Waals surface area (Å²) in [7, 11) is 0. The molecular formula is C22H32N2O3S2. The van der Waals surface area contributed by atoms with Crippen molar-refractivity contribution < 1.29 is 14.3 Å². The van der Waals surface area contributed by atoms with Crippen molar-refractivity contribution >= 4 is 34.7 Å². The topological polar surface area (TPSA) is 49.9 Å². The van der Waals surface area contributed by atoms with Crippen LogP contribution in [0.3, 0.4) is 0 Å². The van der Waals surface area contributed by atoms with Gasteiger partial charge in [-0.1, -0.05) is 25.5 Å². The summed E-state index contributed by atoms with van der Waals surface area (Å²) in [5.41, 5.74) is -0.305. The molecule has 2 rings (SSSR count). The van der Waals surface area contributed by atoms with Crippen LogP contribution in [-0.2, 0) is 22.6 Å². The van der Waals surface area contributed by atoms with E-state index >= 15 is 0 Å². The number of carbonyl (C=O) groups is 2.